The van der Waals surface area contributed by atoms with Crippen molar-refractivity contribution < 1.29 is 16.8 Å². The molecular formula is C13H20N2O4S2. The topological polar surface area (TPSA) is 97.5 Å². The molecule has 0 spiro atoms. The fourth-order valence-electron chi connectivity index (χ4n) is 2.75. The van der Waals surface area contributed by atoms with Gasteiger partial charge in [-0.3, -0.25) is 0 Å². The van der Waals surface area contributed by atoms with Gasteiger partial charge in [-0.15, -0.1) is 0 Å². The van der Waals surface area contributed by atoms with Gasteiger partial charge in [0.05, 0.1) is 9.79 Å². The van der Waals surface area contributed by atoms with Crippen LogP contribution in [0.15, 0.2) is 34.1 Å². The molecule has 0 bridgehead atoms. The smallest absolute Gasteiger partial charge is 0.225 e. The van der Waals surface area contributed by atoms with Crippen LogP contribution in [0.2, 0.25) is 0 Å². The van der Waals surface area contributed by atoms with E-state index in [1.807, 2.05) is 13.8 Å². The normalized spacial score (nSPS) is 24.9. The Labute approximate surface area is 126 Å². The third kappa shape index (κ3) is 3.63. The molecule has 1 aliphatic heterocycles. The van der Waals surface area contributed by atoms with Gasteiger partial charge < -0.3 is 0 Å². The molecule has 2 rings (SSSR count). The van der Waals surface area contributed by atoms with Gasteiger partial charge in [0.15, 0.2) is 0 Å². The number of benzene rings is 1. The molecule has 0 aromatic heterocycles. The van der Waals surface area contributed by atoms with Gasteiger partial charge in [-0.2, -0.15) is 4.31 Å². The SMILES string of the molecule is CC1CC(C)CN(S(=O)(=O)c2ccc(S(N)(=O)=O)cc2)C1. The second kappa shape index (κ2) is 5.68. The summed E-state index contributed by atoms with van der Waals surface area (Å²) < 4.78 is 49.0. The zero-order valence-corrected chi connectivity index (χ0v) is 13.7. The summed E-state index contributed by atoms with van der Waals surface area (Å²) in [5.74, 6) is 0.624. The fourth-order valence-corrected chi connectivity index (χ4v) is 4.95. The lowest BCUT2D eigenvalue weighted by Gasteiger charge is -2.34. The highest BCUT2D eigenvalue weighted by molar-refractivity contribution is 7.89. The molecule has 2 unspecified atom stereocenters. The Balaban J connectivity index is 2.31. The van der Waals surface area contributed by atoms with E-state index in [-0.39, 0.29) is 9.79 Å². The van der Waals surface area contributed by atoms with E-state index in [4.69, 9.17) is 5.14 Å². The average Bonchev–Trinajstić information content (AvgIpc) is 2.36. The molecule has 0 amide bonds. The molecule has 1 aromatic carbocycles. The number of hydrogen-bond acceptors (Lipinski definition) is 4. The second-order valence-corrected chi connectivity index (χ2v) is 9.28. The zero-order valence-electron chi connectivity index (χ0n) is 12.1. The molecular weight excluding hydrogens is 312 g/mol. The van der Waals surface area contributed by atoms with Gasteiger partial charge in [-0.25, -0.2) is 22.0 Å². The quantitative estimate of drug-likeness (QED) is 0.893. The Morgan fingerprint density at radius 1 is 0.952 bits per heavy atom. The van der Waals surface area contributed by atoms with Crippen molar-refractivity contribution in [3.63, 3.8) is 0 Å². The molecule has 1 fully saturated rings. The first-order valence-corrected chi connectivity index (χ1v) is 9.72. The maximum atomic E-state index is 12.6. The molecule has 2 N–H and O–H groups in total. The van der Waals surface area contributed by atoms with E-state index < -0.39 is 20.0 Å². The van der Waals surface area contributed by atoms with Crippen LogP contribution in [-0.2, 0) is 20.0 Å². The Hall–Kier alpha value is -0.960. The lowest BCUT2D eigenvalue weighted by molar-refractivity contribution is 0.222. The summed E-state index contributed by atoms with van der Waals surface area (Å²) in [4.78, 5) is -0.00182. The molecule has 1 aromatic rings. The minimum Gasteiger partial charge on any atom is -0.225 e. The number of primary sulfonamides is 1. The lowest BCUT2D eigenvalue weighted by Crippen LogP contribution is -2.42. The monoisotopic (exact) mass is 332 g/mol. The van der Waals surface area contributed by atoms with Crippen LogP contribution in [0.1, 0.15) is 20.3 Å². The van der Waals surface area contributed by atoms with Gasteiger partial charge in [0.25, 0.3) is 0 Å². The largest absolute Gasteiger partial charge is 0.243 e. The minimum atomic E-state index is -3.82. The summed E-state index contributed by atoms with van der Waals surface area (Å²) in [6, 6.07) is 5.02. The van der Waals surface area contributed by atoms with Crippen molar-refractivity contribution >= 4 is 20.0 Å². The summed E-state index contributed by atoms with van der Waals surface area (Å²) in [6.45, 7) is 5.04. The third-order valence-electron chi connectivity index (χ3n) is 3.63. The van der Waals surface area contributed by atoms with E-state index in [1.54, 1.807) is 0 Å². The summed E-state index contributed by atoms with van der Waals surface area (Å²) >= 11 is 0. The van der Waals surface area contributed by atoms with Crippen molar-refractivity contribution in [1.29, 1.82) is 0 Å². The molecule has 0 saturated carbocycles. The highest BCUT2D eigenvalue weighted by Crippen LogP contribution is 2.27. The van der Waals surface area contributed by atoms with Crippen LogP contribution in [0.3, 0.4) is 0 Å². The molecule has 8 heteroatoms. The standard InChI is InChI=1S/C13H20N2O4S2/c1-10-7-11(2)9-15(8-10)21(18,19)13-5-3-12(4-6-13)20(14,16)17/h3-6,10-11H,7-9H2,1-2H3,(H2,14,16,17). The molecule has 1 saturated heterocycles. The number of nitrogens with zero attached hydrogens (tertiary/aromatic N) is 1. The molecule has 0 radical (unpaired) electrons. The number of hydrogen-bond donors (Lipinski definition) is 1. The van der Waals surface area contributed by atoms with Crippen LogP contribution < -0.4 is 5.14 Å². The Morgan fingerprint density at radius 3 is 1.81 bits per heavy atom. The maximum Gasteiger partial charge on any atom is 0.243 e. The van der Waals surface area contributed by atoms with Crippen molar-refractivity contribution in [2.75, 3.05) is 13.1 Å². The summed E-state index contributed by atoms with van der Waals surface area (Å²) in [5.41, 5.74) is 0. The van der Waals surface area contributed by atoms with Gasteiger partial charge in [-0.1, -0.05) is 13.8 Å². The van der Waals surface area contributed by atoms with Crippen LogP contribution in [0.25, 0.3) is 0 Å². The highest BCUT2D eigenvalue weighted by Gasteiger charge is 2.31. The molecule has 0 aliphatic carbocycles. The third-order valence-corrected chi connectivity index (χ3v) is 6.40. The predicted octanol–water partition coefficient (Wildman–Crippen LogP) is 1.00. The molecule has 6 nitrogen and oxygen atoms in total. The molecule has 118 valence electrons. The van der Waals surface area contributed by atoms with E-state index in [1.165, 1.54) is 28.6 Å². The molecule has 2 atom stereocenters. The van der Waals surface area contributed by atoms with Crippen LogP contribution in [0.5, 0.6) is 0 Å². The van der Waals surface area contributed by atoms with Crippen LogP contribution in [-0.4, -0.2) is 34.2 Å². The molecule has 1 aliphatic rings. The number of piperidine rings is 1. The molecule has 21 heavy (non-hydrogen) atoms. The van der Waals surface area contributed by atoms with Crippen molar-refractivity contribution in [2.45, 2.75) is 30.1 Å². The molecule has 1 heterocycles. The maximum absolute atomic E-state index is 12.6. The van der Waals surface area contributed by atoms with E-state index in [0.29, 0.717) is 24.9 Å². The van der Waals surface area contributed by atoms with Crippen LogP contribution >= 0.6 is 0 Å². The summed E-state index contributed by atoms with van der Waals surface area (Å²) in [7, 11) is -7.41. The summed E-state index contributed by atoms with van der Waals surface area (Å²) in [5, 5.41) is 5.01. The van der Waals surface area contributed by atoms with Crippen molar-refractivity contribution in [1.82, 2.24) is 4.31 Å². The predicted molar refractivity (Wildman–Crippen MR) is 79.5 cm³/mol. The van der Waals surface area contributed by atoms with E-state index in [9.17, 15) is 16.8 Å². The van der Waals surface area contributed by atoms with Gasteiger partial charge in [0.1, 0.15) is 0 Å². The van der Waals surface area contributed by atoms with Crippen LogP contribution in [0.4, 0.5) is 0 Å². The van der Waals surface area contributed by atoms with Gasteiger partial charge in [0.2, 0.25) is 20.0 Å². The van der Waals surface area contributed by atoms with Crippen molar-refractivity contribution in [2.24, 2.45) is 17.0 Å². The number of rotatable bonds is 3. The first kappa shape index (κ1) is 16.4. The van der Waals surface area contributed by atoms with E-state index in [0.717, 1.165) is 6.42 Å². The lowest BCUT2D eigenvalue weighted by atomic mass is 9.94. The van der Waals surface area contributed by atoms with Gasteiger partial charge >= 0.3 is 0 Å². The van der Waals surface area contributed by atoms with Crippen LogP contribution in [0, 0.1) is 11.8 Å². The highest BCUT2D eigenvalue weighted by atomic mass is 32.2. The van der Waals surface area contributed by atoms with E-state index >= 15 is 0 Å². The zero-order chi connectivity index (χ0) is 15.8. The van der Waals surface area contributed by atoms with Gasteiger partial charge in [0, 0.05) is 13.1 Å². The Bertz CT molecular complexity index is 701. The average molecular weight is 332 g/mol. The Morgan fingerprint density at radius 2 is 1.38 bits per heavy atom. The fraction of sp³-hybridized carbons (Fsp3) is 0.538. The van der Waals surface area contributed by atoms with Crippen molar-refractivity contribution in [3.05, 3.63) is 24.3 Å². The Kier molecular flexibility index (Phi) is 4.44. The van der Waals surface area contributed by atoms with Crippen molar-refractivity contribution in [3.8, 4) is 0 Å². The van der Waals surface area contributed by atoms with E-state index in [2.05, 4.69) is 0 Å². The van der Waals surface area contributed by atoms with Gasteiger partial charge in [-0.05, 0) is 42.5 Å². The minimum absolute atomic E-state index is 0.0937. The number of sulfonamides is 2. The summed E-state index contributed by atoms with van der Waals surface area (Å²) in [6.07, 6.45) is 1.01. The second-order valence-electron chi connectivity index (χ2n) is 5.78. The first-order chi connectivity index (χ1) is 9.60. The first-order valence-electron chi connectivity index (χ1n) is 6.73. The number of nitrogens with two attached hydrogens (primary N) is 1.